The predicted molar refractivity (Wildman–Crippen MR) is 47.9 cm³/mol. The first-order valence-electron chi connectivity index (χ1n) is 3.00. The second-order valence-electron chi connectivity index (χ2n) is 1.72. The van der Waals surface area contributed by atoms with Crippen LogP contribution in [-0.2, 0) is 0 Å². The molecule has 5 heteroatoms. The van der Waals surface area contributed by atoms with Gasteiger partial charge in [-0.05, 0) is 6.26 Å². The van der Waals surface area contributed by atoms with Crippen LogP contribution in [0.2, 0.25) is 0 Å². The normalized spacial score (nSPS) is 11.2. The summed E-state index contributed by atoms with van der Waals surface area (Å²) in [5.41, 5.74) is 0. The van der Waals surface area contributed by atoms with Gasteiger partial charge in [-0.15, -0.1) is 18.3 Å². The lowest BCUT2D eigenvalue weighted by atomic mass is 10.6. The molecule has 0 radical (unpaired) electrons. The van der Waals surface area contributed by atoms with Crippen molar-refractivity contribution in [2.75, 3.05) is 19.3 Å². The van der Waals surface area contributed by atoms with E-state index in [2.05, 4.69) is 11.6 Å². The second kappa shape index (κ2) is 5.91. The fourth-order valence-electron chi connectivity index (χ4n) is 0.456. The van der Waals surface area contributed by atoms with E-state index in [1.54, 1.807) is 12.3 Å². The predicted octanol–water partition coefficient (Wildman–Crippen LogP) is 1.21. The topological polar surface area (TPSA) is 55.5 Å². The molecule has 4 nitrogen and oxygen atoms in total. The average Bonchev–Trinajstić information content (AvgIpc) is 1.97. The summed E-state index contributed by atoms with van der Waals surface area (Å²) in [6, 6.07) is 0. The first kappa shape index (κ1) is 10.2. The number of aliphatic imine (C=N–C) groups is 1. The molecular formula is C6H10N2O2S. The lowest BCUT2D eigenvalue weighted by Gasteiger charge is -1.94. The Labute approximate surface area is 69.5 Å². The van der Waals surface area contributed by atoms with Crippen molar-refractivity contribution in [3.8, 4) is 0 Å². The summed E-state index contributed by atoms with van der Waals surface area (Å²) < 4.78 is 0. The molecule has 0 bridgehead atoms. The van der Waals surface area contributed by atoms with E-state index >= 15 is 0 Å². The molecule has 62 valence electrons. The van der Waals surface area contributed by atoms with Crippen molar-refractivity contribution in [2.45, 2.75) is 0 Å². The molecule has 0 aromatic heterocycles. The Hall–Kier alpha value is -0.840. The molecule has 0 heterocycles. The molecule has 0 aromatic rings. The fraction of sp³-hybridized carbons (Fsp3) is 0.500. The molecule has 0 aliphatic carbocycles. The van der Waals surface area contributed by atoms with Crippen LogP contribution in [0.15, 0.2) is 17.6 Å². The Kier molecular flexibility index (Phi) is 5.46. The van der Waals surface area contributed by atoms with Gasteiger partial charge in [-0.1, -0.05) is 6.08 Å². The number of rotatable bonds is 4. The third-order valence-electron chi connectivity index (χ3n) is 0.897. The quantitative estimate of drug-likeness (QED) is 0.211. The minimum atomic E-state index is -0.390. The highest BCUT2D eigenvalue weighted by Gasteiger charge is 2.03. The summed E-state index contributed by atoms with van der Waals surface area (Å²) in [4.78, 5) is 13.5. The number of hydrogen-bond donors (Lipinski definition) is 0. The molecular weight excluding hydrogens is 164 g/mol. The summed E-state index contributed by atoms with van der Waals surface area (Å²) in [7, 11) is 0. The standard InChI is InChI=1S/C6H10N2O2S/c1-3-4-7-6(11-2)5-8(9)10/h3H,1,4-5H2,2H3. The lowest BCUT2D eigenvalue weighted by molar-refractivity contribution is -0.462. The van der Waals surface area contributed by atoms with Crippen LogP contribution in [0.1, 0.15) is 0 Å². The van der Waals surface area contributed by atoms with Gasteiger partial charge in [-0.2, -0.15) is 0 Å². The van der Waals surface area contributed by atoms with Crippen LogP contribution in [0, 0.1) is 10.1 Å². The maximum atomic E-state index is 10.0. The van der Waals surface area contributed by atoms with Crippen molar-refractivity contribution in [1.29, 1.82) is 0 Å². The third kappa shape index (κ3) is 5.60. The van der Waals surface area contributed by atoms with Gasteiger partial charge in [0.25, 0.3) is 6.54 Å². The van der Waals surface area contributed by atoms with Crippen molar-refractivity contribution in [3.63, 3.8) is 0 Å². The number of thioether (sulfide) groups is 1. The molecule has 0 atom stereocenters. The molecule has 0 aliphatic rings. The van der Waals surface area contributed by atoms with Crippen molar-refractivity contribution < 1.29 is 4.92 Å². The zero-order valence-electron chi connectivity index (χ0n) is 6.32. The summed E-state index contributed by atoms with van der Waals surface area (Å²) in [5.74, 6) is 0. The van der Waals surface area contributed by atoms with E-state index in [4.69, 9.17) is 0 Å². The smallest absolute Gasteiger partial charge is 0.251 e. The Morgan fingerprint density at radius 1 is 1.91 bits per heavy atom. The van der Waals surface area contributed by atoms with Gasteiger partial charge in [0, 0.05) is 4.92 Å². The molecule has 0 fully saturated rings. The SMILES string of the molecule is C=CCN=C(C[N+](=O)[O-])SC. The summed E-state index contributed by atoms with van der Waals surface area (Å²) in [5, 5.41) is 10.6. The van der Waals surface area contributed by atoms with E-state index in [0.29, 0.717) is 11.6 Å². The van der Waals surface area contributed by atoms with Crippen LogP contribution >= 0.6 is 11.8 Å². The highest BCUT2D eigenvalue weighted by molar-refractivity contribution is 8.13. The second-order valence-corrected chi connectivity index (χ2v) is 2.60. The molecule has 0 amide bonds. The summed E-state index contributed by atoms with van der Waals surface area (Å²) in [6.45, 7) is 3.72. The molecule has 0 spiro atoms. The van der Waals surface area contributed by atoms with Crippen molar-refractivity contribution in [1.82, 2.24) is 0 Å². The first-order chi connectivity index (χ1) is 5.20. The van der Waals surface area contributed by atoms with E-state index in [0.717, 1.165) is 0 Å². The van der Waals surface area contributed by atoms with Crippen LogP contribution in [0.4, 0.5) is 0 Å². The van der Waals surface area contributed by atoms with Gasteiger partial charge in [0.2, 0.25) is 0 Å². The lowest BCUT2D eigenvalue weighted by Crippen LogP contribution is -2.10. The molecule has 0 N–H and O–H groups in total. The Morgan fingerprint density at radius 3 is 2.91 bits per heavy atom. The van der Waals surface area contributed by atoms with Crippen LogP contribution in [0.25, 0.3) is 0 Å². The monoisotopic (exact) mass is 174 g/mol. The maximum Gasteiger partial charge on any atom is 0.251 e. The zero-order chi connectivity index (χ0) is 8.69. The van der Waals surface area contributed by atoms with Crippen LogP contribution in [-0.4, -0.2) is 29.3 Å². The van der Waals surface area contributed by atoms with Gasteiger partial charge >= 0.3 is 0 Å². The zero-order valence-corrected chi connectivity index (χ0v) is 7.13. The molecule has 11 heavy (non-hydrogen) atoms. The van der Waals surface area contributed by atoms with E-state index in [1.807, 2.05) is 0 Å². The Balaban J connectivity index is 3.92. The van der Waals surface area contributed by atoms with Crippen LogP contribution < -0.4 is 0 Å². The van der Waals surface area contributed by atoms with Gasteiger partial charge in [0.1, 0.15) is 5.04 Å². The van der Waals surface area contributed by atoms with E-state index < -0.39 is 4.92 Å². The highest BCUT2D eigenvalue weighted by Crippen LogP contribution is 1.98. The average molecular weight is 174 g/mol. The summed E-state index contributed by atoms with van der Waals surface area (Å²) in [6.07, 6.45) is 3.38. The number of nitrogens with zero attached hydrogens (tertiary/aromatic N) is 2. The van der Waals surface area contributed by atoms with Crippen LogP contribution in [0.5, 0.6) is 0 Å². The largest absolute Gasteiger partial charge is 0.272 e. The molecule has 0 aromatic carbocycles. The van der Waals surface area contributed by atoms with Gasteiger partial charge in [0.05, 0.1) is 6.54 Å². The van der Waals surface area contributed by atoms with Crippen molar-refractivity contribution in [2.24, 2.45) is 4.99 Å². The van der Waals surface area contributed by atoms with Crippen molar-refractivity contribution >= 4 is 16.8 Å². The molecule has 0 saturated carbocycles. The minimum Gasteiger partial charge on any atom is -0.272 e. The van der Waals surface area contributed by atoms with E-state index in [9.17, 15) is 10.1 Å². The highest BCUT2D eigenvalue weighted by atomic mass is 32.2. The number of hydrogen-bond acceptors (Lipinski definition) is 4. The third-order valence-corrected chi connectivity index (χ3v) is 1.63. The fourth-order valence-corrected chi connectivity index (χ4v) is 0.894. The maximum absolute atomic E-state index is 10.0. The number of nitro groups is 1. The molecule has 0 saturated heterocycles. The molecule has 0 aliphatic heterocycles. The molecule has 0 rings (SSSR count). The Morgan fingerprint density at radius 2 is 2.55 bits per heavy atom. The van der Waals surface area contributed by atoms with Gasteiger partial charge in [-0.25, -0.2) is 0 Å². The van der Waals surface area contributed by atoms with Gasteiger partial charge < -0.3 is 0 Å². The van der Waals surface area contributed by atoms with Crippen molar-refractivity contribution in [3.05, 3.63) is 22.8 Å². The van der Waals surface area contributed by atoms with Crippen LogP contribution in [0.3, 0.4) is 0 Å². The molecule has 0 unspecified atom stereocenters. The van der Waals surface area contributed by atoms with Gasteiger partial charge in [0.15, 0.2) is 0 Å². The summed E-state index contributed by atoms with van der Waals surface area (Å²) >= 11 is 1.30. The van der Waals surface area contributed by atoms with E-state index in [-0.39, 0.29) is 6.54 Å². The first-order valence-corrected chi connectivity index (χ1v) is 4.23. The van der Waals surface area contributed by atoms with Gasteiger partial charge in [-0.3, -0.25) is 15.1 Å². The minimum absolute atomic E-state index is 0.186. The Bertz CT molecular complexity index is 179. The van der Waals surface area contributed by atoms with E-state index in [1.165, 1.54) is 11.8 Å².